The molecule has 1 fully saturated rings. The van der Waals surface area contributed by atoms with Gasteiger partial charge in [-0.3, -0.25) is 19.2 Å². The van der Waals surface area contributed by atoms with E-state index in [0.717, 1.165) is 0 Å². The standard InChI is InChI=1S/C14H21NO8/c1-7(16)15-11-5-21-12(6-20-8(2)17)14(23-10(4)19)13(11)22-9(3)18/h11-14H,5-6H2,1-4H3,(H,15,16)/t11-,12-,13-,14-/m1/s1. The highest BCUT2D eigenvalue weighted by Gasteiger charge is 2.45. The van der Waals surface area contributed by atoms with Crippen molar-refractivity contribution in [2.75, 3.05) is 13.2 Å². The van der Waals surface area contributed by atoms with Crippen molar-refractivity contribution in [1.29, 1.82) is 0 Å². The monoisotopic (exact) mass is 331 g/mol. The first kappa shape index (κ1) is 18.9. The van der Waals surface area contributed by atoms with Crippen LogP contribution in [0.5, 0.6) is 0 Å². The van der Waals surface area contributed by atoms with Gasteiger partial charge < -0.3 is 24.3 Å². The Bertz CT molecular complexity index is 477. The molecular formula is C14H21NO8. The van der Waals surface area contributed by atoms with Gasteiger partial charge in [-0.2, -0.15) is 0 Å². The van der Waals surface area contributed by atoms with E-state index in [1.165, 1.54) is 27.7 Å². The summed E-state index contributed by atoms with van der Waals surface area (Å²) in [5.74, 6) is -2.10. The number of esters is 3. The van der Waals surface area contributed by atoms with E-state index in [-0.39, 0.29) is 19.1 Å². The summed E-state index contributed by atoms with van der Waals surface area (Å²) in [6, 6.07) is -0.686. The average molecular weight is 331 g/mol. The van der Waals surface area contributed by atoms with Gasteiger partial charge in [-0.05, 0) is 0 Å². The van der Waals surface area contributed by atoms with Crippen molar-refractivity contribution in [3.8, 4) is 0 Å². The van der Waals surface area contributed by atoms with E-state index in [1.54, 1.807) is 0 Å². The highest BCUT2D eigenvalue weighted by Crippen LogP contribution is 2.23. The average Bonchev–Trinajstić information content (AvgIpc) is 2.39. The van der Waals surface area contributed by atoms with Crippen molar-refractivity contribution >= 4 is 23.8 Å². The van der Waals surface area contributed by atoms with Crippen molar-refractivity contribution in [2.24, 2.45) is 0 Å². The molecule has 23 heavy (non-hydrogen) atoms. The van der Waals surface area contributed by atoms with Gasteiger partial charge in [0.25, 0.3) is 0 Å². The van der Waals surface area contributed by atoms with Crippen molar-refractivity contribution in [1.82, 2.24) is 5.32 Å². The molecule has 0 saturated carbocycles. The fourth-order valence-corrected chi connectivity index (χ4v) is 2.26. The Hall–Kier alpha value is -2.16. The molecule has 0 aromatic rings. The molecular weight excluding hydrogens is 310 g/mol. The van der Waals surface area contributed by atoms with Crippen molar-refractivity contribution in [3.63, 3.8) is 0 Å². The first-order chi connectivity index (χ1) is 10.7. The summed E-state index contributed by atoms with van der Waals surface area (Å²) in [6.45, 7) is 4.77. The molecule has 1 amide bonds. The van der Waals surface area contributed by atoms with Crippen LogP contribution in [0.2, 0.25) is 0 Å². The molecule has 1 rings (SSSR count). The van der Waals surface area contributed by atoms with Crippen LogP contribution in [0.1, 0.15) is 27.7 Å². The summed E-state index contributed by atoms with van der Waals surface area (Å²) in [5, 5.41) is 2.59. The van der Waals surface area contributed by atoms with Gasteiger partial charge in [0.05, 0.1) is 12.6 Å². The van der Waals surface area contributed by atoms with Crippen LogP contribution in [0, 0.1) is 0 Å². The normalized spacial score (nSPS) is 26.8. The van der Waals surface area contributed by atoms with Crippen LogP contribution in [-0.2, 0) is 38.1 Å². The quantitative estimate of drug-likeness (QED) is 0.520. The Balaban J connectivity index is 2.98. The molecule has 4 atom stereocenters. The minimum Gasteiger partial charge on any atom is -0.463 e. The van der Waals surface area contributed by atoms with Gasteiger partial charge in [0.15, 0.2) is 12.2 Å². The zero-order chi connectivity index (χ0) is 17.6. The molecule has 130 valence electrons. The number of hydrogen-bond donors (Lipinski definition) is 1. The van der Waals surface area contributed by atoms with E-state index in [2.05, 4.69) is 5.32 Å². The Morgan fingerprint density at radius 1 is 0.957 bits per heavy atom. The predicted molar refractivity (Wildman–Crippen MR) is 75.1 cm³/mol. The zero-order valence-corrected chi connectivity index (χ0v) is 13.5. The van der Waals surface area contributed by atoms with Crippen molar-refractivity contribution < 1.29 is 38.1 Å². The summed E-state index contributed by atoms with van der Waals surface area (Å²) in [5.41, 5.74) is 0. The Morgan fingerprint density at radius 3 is 2.00 bits per heavy atom. The third-order valence-electron chi connectivity index (χ3n) is 3.02. The number of amides is 1. The van der Waals surface area contributed by atoms with Crippen LogP contribution >= 0.6 is 0 Å². The SMILES string of the molecule is CC(=O)N[C@@H]1CO[C@H](COC(C)=O)[C@@H](OC(C)=O)[C@@H]1OC(C)=O. The van der Waals surface area contributed by atoms with Crippen LogP contribution in [-0.4, -0.2) is 61.4 Å². The van der Waals surface area contributed by atoms with E-state index in [4.69, 9.17) is 18.9 Å². The summed E-state index contributed by atoms with van der Waals surface area (Å²) in [4.78, 5) is 44.9. The molecule has 1 N–H and O–H groups in total. The largest absolute Gasteiger partial charge is 0.463 e. The topological polar surface area (TPSA) is 117 Å². The number of nitrogens with one attached hydrogen (secondary N) is 1. The number of rotatable bonds is 5. The third kappa shape index (κ3) is 6.23. The maximum atomic E-state index is 11.3. The molecule has 0 spiro atoms. The summed E-state index contributed by atoms with van der Waals surface area (Å²) in [6.07, 6.45) is -2.77. The highest BCUT2D eigenvalue weighted by molar-refractivity contribution is 5.73. The minimum atomic E-state index is -1.01. The Kier molecular flexibility index (Phi) is 6.95. The first-order valence-electron chi connectivity index (χ1n) is 7.07. The van der Waals surface area contributed by atoms with Gasteiger partial charge in [-0.25, -0.2) is 0 Å². The summed E-state index contributed by atoms with van der Waals surface area (Å²) in [7, 11) is 0. The second kappa shape index (κ2) is 8.47. The predicted octanol–water partition coefficient (Wildman–Crippen LogP) is -0.684. The first-order valence-corrected chi connectivity index (χ1v) is 7.07. The molecule has 1 aliphatic rings. The number of hydrogen-bond acceptors (Lipinski definition) is 8. The van der Waals surface area contributed by atoms with Crippen molar-refractivity contribution in [2.45, 2.75) is 52.0 Å². The number of ether oxygens (including phenoxy) is 4. The number of carbonyl (C=O) groups is 4. The van der Waals surface area contributed by atoms with E-state index in [0.29, 0.717) is 0 Å². The van der Waals surface area contributed by atoms with E-state index >= 15 is 0 Å². The second-order valence-corrected chi connectivity index (χ2v) is 5.13. The van der Waals surface area contributed by atoms with Gasteiger partial charge >= 0.3 is 17.9 Å². The lowest BCUT2D eigenvalue weighted by Crippen LogP contribution is -2.62. The number of carbonyl (C=O) groups excluding carboxylic acids is 4. The summed E-state index contributed by atoms with van der Waals surface area (Å²) < 4.78 is 20.8. The molecule has 0 radical (unpaired) electrons. The Labute approximate surface area is 133 Å². The molecule has 1 aliphatic heterocycles. The van der Waals surface area contributed by atoms with Crippen LogP contribution < -0.4 is 5.32 Å². The fourth-order valence-electron chi connectivity index (χ4n) is 2.26. The van der Waals surface area contributed by atoms with Gasteiger partial charge in [-0.1, -0.05) is 0 Å². The minimum absolute atomic E-state index is 0.0151. The van der Waals surface area contributed by atoms with E-state index in [1.807, 2.05) is 0 Å². The van der Waals surface area contributed by atoms with Crippen LogP contribution in [0.25, 0.3) is 0 Å². The lowest BCUT2D eigenvalue weighted by atomic mass is 9.97. The molecule has 9 nitrogen and oxygen atoms in total. The van der Waals surface area contributed by atoms with Crippen LogP contribution in [0.4, 0.5) is 0 Å². The molecule has 0 aliphatic carbocycles. The molecule has 9 heteroatoms. The van der Waals surface area contributed by atoms with Crippen molar-refractivity contribution in [3.05, 3.63) is 0 Å². The van der Waals surface area contributed by atoms with Gasteiger partial charge in [0.1, 0.15) is 12.7 Å². The third-order valence-corrected chi connectivity index (χ3v) is 3.02. The second-order valence-electron chi connectivity index (χ2n) is 5.13. The maximum Gasteiger partial charge on any atom is 0.303 e. The van der Waals surface area contributed by atoms with E-state index < -0.39 is 42.3 Å². The van der Waals surface area contributed by atoms with Gasteiger partial charge in [0, 0.05) is 27.7 Å². The van der Waals surface area contributed by atoms with Crippen LogP contribution in [0.15, 0.2) is 0 Å². The van der Waals surface area contributed by atoms with Gasteiger partial charge in [-0.15, -0.1) is 0 Å². The highest BCUT2D eigenvalue weighted by atomic mass is 16.6. The van der Waals surface area contributed by atoms with Crippen LogP contribution in [0.3, 0.4) is 0 Å². The van der Waals surface area contributed by atoms with E-state index in [9.17, 15) is 19.2 Å². The molecule has 0 unspecified atom stereocenters. The Morgan fingerprint density at radius 2 is 1.52 bits per heavy atom. The lowest BCUT2D eigenvalue weighted by Gasteiger charge is -2.41. The van der Waals surface area contributed by atoms with Gasteiger partial charge in [0.2, 0.25) is 5.91 Å². The molecule has 0 bridgehead atoms. The summed E-state index contributed by atoms with van der Waals surface area (Å²) >= 11 is 0. The molecule has 0 aromatic heterocycles. The fraction of sp³-hybridized carbons (Fsp3) is 0.714. The molecule has 0 aromatic carbocycles. The maximum absolute atomic E-state index is 11.3. The molecule has 1 saturated heterocycles. The zero-order valence-electron chi connectivity index (χ0n) is 13.5. The lowest BCUT2D eigenvalue weighted by molar-refractivity contribution is -0.207. The molecule has 1 heterocycles. The smallest absolute Gasteiger partial charge is 0.303 e.